The van der Waals surface area contributed by atoms with Gasteiger partial charge in [0.2, 0.25) is 0 Å². The van der Waals surface area contributed by atoms with Crippen molar-refractivity contribution in [3.8, 4) is 22.0 Å². The molecular formula is C14H6Cl4N2S. The van der Waals surface area contributed by atoms with Crippen LogP contribution in [0.2, 0.25) is 20.1 Å². The quantitative estimate of drug-likeness (QED) is 0.511. The highest BCUT2D eigenvalue weighted by Gasteiger charge is 2.14. The van der Waals surface area contributed by atoms with Crippen molar-refractivity contribution in [2.75, 3.05) is 0 Å². The Balaban J connectivity index is 2.08. The standard InChI is InChI=1S/C14H6Cl4N2S/c15-7-1-3-11(17)9(5-7)13-19-14(21-20-13)10-6-8(16)2-4-12(10)18/h1-6H. The first-order valence-electron chi connectivity index (χ1n) is 5.79. The highest BCUT2D eigenvalue weighted by atomic mass is 35.5. The molecule has 2 nitrogen and oxygen atoms in total. The SMILES string of the molecule is Clc1ccc(Cl)c(-c2nsc(-c3cc(Cl)ccc3Cl)n2)c1. The van der Waals surface area contributed by atoms with Crippen molar-refractivity contribution < 1.29 is 0 Å². The molecule has 0 aliphatic rings. The minimum atomic E-state index is 0.513. The molecule has 0 aliphatic carbocycles. The third-order valence-corrected chi connectivity index (χ3v) is 4.63. The van der Waals surface area contributed by atoms with Crippen LogP contribution < -0.4 is 0 Å². The molecule has 3 rings (SSSR count). The molecule has 21 heavy (non-hydrogen) atoms. The number of hydrogen-bond donors (Lipinski definition) is 0. The van der Waals surface area contributed by atoms with Crippen molar-refractivity contribution in [2.45, 2.75) is 0 Å². The Morgan fingerprint density at radius 1 is 0.762 bits per heavy atom. The van der Waals surface area contributed by atoms with Gasteiger partial charge in [-0.15, -0.1) is 0 Å². The molecule has 0 bridgehead atoms. The van der Waals surface area contributed by atoms with Gasteiger partial charge in [0.05, 0.1) is 10.0 Å². The van der Waals surface area contributed by atoms with Gasteiger partial charge >= 0.3 is 0 Å². The highest BCUT2D eigenvalue weighted by Crippen LogP contribution is 2.35. The summed E-state index contributed by atoms with van der Waals surface area (Å²) in [5.41, 5.74) is 1.43. The van der Waals surface area contributed by atoms with Crippen LogP contribution in [0.5, 0.6) is 0 Å². The molecule has 0 saturated heterocycles. The molecule has 3 aromatic rings. The Morgan fingerprint density at radius 3 is 2.00 bits per heavy atom. The van der Waals surface area contributed by atoms with Gasteiger partial charge in [0.25, 0.3) is 0 Å². The molecule has 106 valence electrons. The Morgan fingerprint density at radius 2 is 1.33 bits per heavy atom. The van der Waals surface area contributed by atoms with E-state index in [1.165, 1.54) is 11.5 Å². The maximum absolute atomic E-state index is 6.18. The summed E-state index contributed by atoms with van der Waals surface area (Å²) in [7, 11) is 0. The zero-order chi connectivity index (χ0) is 15.0. The van der Waals surface area contributed by atoms with Gasteiger partial charge in [0.1, 0.15) is 5.01 Å². The van der Waals surface area contributed by atoms with Gasteiger partial charge in [0.15, 0.2) is 5.82 Å². The Labute approximate surface area is 145 Å². The number of aromatic nitrogens is 2. The van der Waals surface area contributed by atoms with Crippen LogP contribution in [0.3, 0.4) is 0 Å². The van der Waals surface area contributed by atoms with Gasteiger partial charge in [-0.25, -0.2) is 4.98 Å². The normalized spacial score (nSPS) is 10.9. The average Bonchev–Trinajstić information content (AvgIpc) is 2.93. The lowest BCUT2D eigenvalue weighted by molar-refractivity contribution is 1.32. The number of benzene rings is 2. The molecule has 0 aliphatic heterocycles. The third-order valence-electron chi connectivity index (χ3n) is 2.75. The van der Waals surface area contributed by atoms with E-state index in [2.05, 4.69) is 9.36 Å². The zero-order valence-corrected chi connectivity index (χ0v) is 14.1. The molecule has 0 N–H and O–H groups in total. The molecular weight excluding hydrogens is 370 g/mol. The molecule has 0 atom stereocenters. The predicted molar refractivity (Wildman–Crippen MR) is 90.8 cm³/mol. The van der Waals surface area contributed by atoms with Crippen molar-refractivity contribution >= 4 is 57.9 Å². The van der Waals surface area contributed by atoms with E-state index in [4.69, 9.17) is 46.4 Å². The first kappa shape index (κ1) is 15.1. The van der Waals surface area contributed by atoms with Crippen molar-refractivity contribution in [2.24, 2.45) is 0 Å². The molecule has 2 aromatic carbocycles. The number of rotatable bonds is 2. The fourth-order valence-corrected chi connectivity index (χ4v) is 3.29. The second-order valence-electron chi connectivity index (χ2n) is 4.17. The lowest BCUT2D eigenvalue weighted by Gasteiger charge is -2.01. The van der Waals surface area contributed by atoms with E-state index in [0.717, 1.165) is 5.56 Å². The summed E-state index contributed by atoms with van der Waals surface area (Å²) >= 11 is 25.5. The van der Waals surface area contributed by atoms with E-state index < -0.39 is 0 Å². The Hall–Kier alpha value is -0.840. The summed E-state index contributed by atoms with van der Waals surface area (Å²) < 4.78 is 4.32. The minimum absolute atomic E-state index is 0.513. The topological polar surface area (TPSA) is 25.8 Å². The maximum atomic E-state index is 6.18. The summed E-state index contributed by atoms with van der Waals surface area (Å²) in [5.74, 6) is 0.513. The van der Waals surface area contributed by atoms with Crippen molar-refractivity contribution in [1.29, 1.82) is 0 Å². The third kappa shape index (κ3) is 3.17. The minimum Gasteiger partial charge on any atom is -0.214 e. The Kier molecular flexibility index (Phi) is 4.38. The maximum Gasteiger partial charge on any atom is 0.174 e. The van der Waals surface area contributed by atoms with Gasteiger partial charge < -0.3 is 0 Å². The van der Waals surface area contributed by atoms with Crippen LogP contribution in [0.25, 0.3) is 22.0 Å². The van der Waals surface area contributed by atoms with Gasteiger partial charge in [-0.2, -0.15) is 4.37 Å². The van der Waals surface area contributed by atoms with Gasteiger partial charge in [0, 0.05) is 21.2 Å². The molecule has 0 unspecified atom stereocenters. The van der Waals surface area contributed by atoms with Crippen LogP contribution in [-0.4, -0.2) is 9.36 Å². The van der Waals surface area contributed by atoms with Gasteiger partial charge in [-0.1, -0.05) is 46.4 Å². The summed E-state index contributed by atoms with van der Waals surface area (Å²) in [6.07, 6.45) is 0. The van der Waals surface area contributed by atoms with Crippen LogP contribution in [0.1, 0.15) is 0 Å². The Bertz CT molecular complexity index is 750. The predicted octanol–water partition coefficient (Wildman–Crippen LogP) is 6.49. The fraction of sp³-hybridized carbons (Fsp3) is 0. The fourth-order valence-electron chi connectivity index (χ4n) is 1.77. The molecule has 0 fully saturated rings. The molecule has 0 saturated carbocycles. The van der Waals surface area contributed by atoms with Gasteiger partial charge in [-0.3, -0.25) is 0 Å². The summed E-state index contributed by atoms with van der Waals surface area (Å²) in [5, 5.41) is 2.95. The molecule has 0 spiro atoms. The smallest absolute Gasteiger partial charge is 0.174 e. The van der Waals surface area contributed by atoms with Crippen LogP contribution in [0.15, 0.2) is 36.4 Å². The van der Waals surface area contributed by atoms with Crippen LogP contribution in [0, 0.1) is 0 Å². The number of halogens is 4. The number of nitrogens with zero attached hydrogens (tertiary/aromatic N) is 2. The first-order chi connectivity index (χ1) is 10.0. The van der Waals surface area contributed by atoms with Crippen molar-refractivity contribution in [3.05, 3.63) is 56.5 Å². The van der Waals surface area contributed by atoms with E-state index in [-0.39, 0.29) is 0 Å². The molecule has 0 amide bonds. The lowest BCUT2D eigenvalue weighted by Crippen LogP contribution is -1.84. The largest absolute Gasteiger partial charge is 0.214 e. The molecule has 1 heterocycles. The summed E-state index contributed by atoms with van der Waals surface area (Å²) in [6, 6.07) is 10.4. The average molecular weight is 376 g/mol. The molecule has 0 radical (unpaired) electrons. The van der Waals surface area contributed by atoms with Crippen molar-refractivity contribution in [3.63, 3.8) is 0 Å². The van der Waals surface area contributed by atoms with Crippen LogP contribution in [0.4, 0.5) is 0 Å². The second-order valence-corrected chi connectivity index (χ2v) is 6.61. The summed E-state index contributed by atoms with van der Waals surface area (Å²) in [6.45, 7) is 0. The highest BCUT2D eigenvalue weighted by molar-refractivity contribution is 7.09. The zero-order valence-electron chi connectivity index (χ0n) is 10.3. The lowest BCUT2D eigenvalue weighted by atomic mass is 10.2. The summed E-state index contributed by atoms with van der Waals surface area (Å²) in [4.78, 5) is 4.48. The first-order valence-corrected chi connectivity index (χ1v) is 8.07. The number of hydrogen-bond acceptors (Lipinski definition) is 3. The molecule has 1 aromatic heterocycles. The van der Waals surface area contributed by atoms with E-state index in [9.17, 15) is 0 Å². The van der Waals surface area contributed by atoms with E-state index in [1.54, 1.807) is 36.4 Å². The van der Waals surface area contributed by atoms with E-state index >= 15 is 0 Å². The van der Waals surface area contributed by atoms with Crippen molar-refractivity contribution in [1.82, 2.24) is 9.36 Å². The monoisotopic (exact) mass is 374 g/mol. The van der Waals surface area contributed by atoms with Crippen LogP contribution >= 0.6 is 57.9 Å². The van der Waals surface area contributed by atoms with Gasteiger partial charge in [-0.05, 0) is 47.9 Å². The van der Waals surface area contributed by atoms with E-state index in [0.29, 0.717) is 36.5 Å². The molecule has 7 heteroatoms. The van der Waals surface area contributed by atoms with Crippen LogP contribution in [-0.2, 0) is 0 Å². The van der Waals surface area contributed by atoms with E-state index in [1.807, 2.05) is 0 Å². The second kappa shape index (κ2) is 6.11.